The third kappa shape index (κ3) is 2.50. The van der Waals surface area contributed by atoms with Crippen molar-refractivity contribution in [3.63, 3.8) is 0 Å². The van der Waals surface area contributed by atoms with E-state index in [1.54, 1.807) is 0 Å². The lowest BCUT2D eigenvalue weighted by molar-refractivity contribution is -0.291. The van der Waals surface area contributed by atoms with Crippen LogP contribution in [0.2, 0.25) is 5.02 Å². The summed E-state index contributed by atoms with van der Waals surface area (Å²) in [5, 5.41) is -0.582. The molecule has 0 aliphatic carbocycles. The van der Waals surface area contributed by atoms with Crippen molar-refractivity contribution < 1.29 is 26.3 Å². The summed E-state index contributed by atoms with van der Waals surface area (Å²) in [6, 6.07) is -0.143. The van der Waals surface area contributed by atoms with E-state index in [9.17, 15) is 26.3 Å². The van der Waals surface area contributed by atoms with E-state index in [0.29, 0.717) is 6.07 Å². The Hall–Kier alpha value is -0.950. The highest BCUT2D eigenvalue weighted by Crippen LogP contribution is 2.45. The predicted molar refractivity (Wildman–Crippen MR) is 49.3 cm³/mol. The van der Waals surface area contributed by atoms with Crippen LogP contribution in [0.3, 0.4) is 0 Å². The molecule has 0 spiro atoms. The maximum Gasteiger partial charge on any atom is 0.455 e. The monoisotopic (exact) mass is 277 g/mol. The Kier molecular flexibility index (Phi) is 3.63. The van der Waals surface area contributed by atoms with Crippen molar-refractivity contribution in [2.24, 2.45) is 5.73 Å². The zero-order valence-corrected chi connectivity index (χ0v) is 8.79. The summed E-state index contributed by atoms with van der Waals surface area (Å²) in [5.74, 6) is -6.58. The predicted octanol–water partition coefficient (Wildman–Crippen LogP) is 3.68. The number of hydrogen-bond acceptors (Lipinski definition) is 1. The van der Waals surface area contributed by atoms with E-state index in [2.05, 4.69) is 0 Å². The van der Waals surface area contributed by atoms with E-state index in [1.807, 2.05) is 0 Å². The van der Waals surface area contributed by atoms with Crippen molar-refractivity contribution in [1.29, 1.82) is 0 Å². The number of hydrogen-bond donors (Lipinski definition) is 1. The van der Waals surface area contributed by atoms with Crippen LogP contribution in [-0.2, 0) is 0 Å². The molecular formula is C9H6ClF6N. The second-order valence-electron chi connectivity index (χ2n) is 3.23. The average Bonchev–Trinajstić information content (AvgIpc) is 2.15. The zero-order valence-electron chi connectivity index (χ0n) is 8.03. The lowest BCUT2D eigenvalue weighted by Gasteiger charge is -2.26. The molecule has 0 fully saturated rings. The fourth-order valence-electron chi connectivity index (χ4n) is 1.17. The Bertz CT molecular complexity index is 396. The van der Waals surface area contributed by atoms with Crippen molar-refractivity contribution >= 4 is 11.6 Å². The van der Waals surface area contributed by atoms with Gasteiger partial charge in [-0.05, 0) is 12.1 Å². The summed E-state index contributed by atoms with van der Waals surface area (Å²) in [4.78, 5) is 0. The summed E-state index contributed by atoms with van der Waals surface area (Å²) in [7, 11) is 0. The lowest BCUT2D eigenvalue weighted by atomic mass is 10.0. The molecule has 1 aromatic rings. The van der Waals surface area contributed by atoms with Gasteiger partial charge in [0.05, 0.1) is 0 Å². The Balaban J connectivity index is 3.26. The molecule has 0 aliphatic heterocycles. The van der Waals surface area contributed by atoms with Crippen LogP contribution in [0.15, 0.2) is 18.2 Å². The highest BCUT2D eigenvalue weighted by molar-refractivity contribution is 6.31. The van der Waals surface area contributed by atoms with Gasteiger partial charge < -0.3 is 5.73 Å². The van der Waals surface area contributed by atoms with E-state index in [0.717, 1.165) is 12.1 Å². The molecular weight excluding hydrogens is 272 g/mol. The molecule has 1 rings (SSSR count). The summed E-state index contributed by atoms with van der Waals surface area (Å²) >= 11 is 5.36. The van der Waals surface area contributed by atoms with Crippen LogP contribution in [0.5, 0.6) is 0 Å². The van der Waals surface area contributed by atoms with Crippen LogP contribution in [0, 0.1) is 5.82 Å². The maximum absolute atomic E-state index is 13.2. The van der Waals surface area contributed by atoms with Crippen molar-refractivity contribution in [3.8, 4) is 0 Å². The van der Waals surface area contributed by atoms with E-state index in [4.69, 9.17) is 17.3 Å². The third-order valence-electron chi connectivity index (χ3n) is 2.08. The van der Waals surface area contributed by atoms with E-state index < -0.39 is 34.5 Å². The van der Waals surface area contributed by atoms with Gasteiger partial charge in [-0.15, -0.1) is 0 Å². The molecule has 0 saturated carbocycles. The van der Waals surface area contributed by atoms with Gasteiger partial charge in [-0.25, -0.2) is 4.39 Å². The fraction of sp³-hybridized carbons (Fsp3) is 0.333. The third-order valence-corrected chi connectivity index (χ3v) is 2.41. The van der Waals surface area contributed by atoms with Crippen molar-refractivity contribution in [3.05, 3.63) is 34.6 Å². The van der Waals surface area contributed by atoms with Crippen LogP contribution in [-0.4, -0.2) is 12.1 Å². The fourth-order valence-corrected chi connectivity index (χ4v) is 1.45. The molecule has 0 aliphatic rings. The second kappa shape index (κ2) is 4.38. The standard InChI is InChI=1S/C9H6ClF6N/c10-4-2-1-3-5(11)6(4)7(17)8(12,13)9(14,15)16/h1-3,7H,17H2/t7-/m1/s1. The molecule has 2 N–H and O–H groups in total. The van der Waals surface area contributed by atoms with Gasteiger partial charge in [0.1, 0.15) is 11.9 Å². The molecule has 1 aromatic carbocycles. The normalized spacial score (nSPS) is 14.8. The molecule has 8 heteroatoms. The first-order valence-electron chi connectivity index (χ1n) is 4.23. The van der Waals surface area contributed by atoms with Crippen molar-refractivity contribution in [2.45, 2.75) is 18.1 Å². The summed E-state index contributed by atoms with van der Waals surface area (Å²) in [5.41, 5.74) is 3.71. The SMILES string of the molecule is N[C@H](c1c(F)cccc1Cl)C(F)(F)C(F)(F)F. The molecule has 96 valence electrons. The molecule has 0 radical (unpaired) electrons. The lowest BCUT2D eigenvalue weighted by Crippen LogP contribution is -2.46. The maximum atomic E-state index is 13.2. The second-order valence-corrected chi connectivity index (χ2v) is 3.64. The quantitative estimate of drug-likeness (QED) is 0.820. The van der Waals surface area contributed by atoms with Gasteiger partial charge in [-0.2, -0.15) is 22.0 Å². The zero-order chi connectivity index (χ0) is 13.4. The minimum atomic E-state index is -5.88. The van der Waals surface area contributed by atoms with E-state index in [-0.39, 0.29) is 0 Å². The summed E-state index contributed by atoms with van der Waals surface area (Å²) in [6.45, 7) is 0. The largest absolute Gasteiger partial charge is 0.455 e. The first-order chi connectivity index (χ1) is 7.59. The van der Waals surface area contributed by atoms with E-state index in [1.165, 1.54) is 0 Å². The average molecular weight is 278 g/mol. The van der Waals surface area contributed by atoms with Gasteiger partial charge in [-0.3, -0.25) is 0 Å². The number of alkyl halides is 5. The van der Waals surface area contributed by atoms with Crippen molar-refractivity contribution in [2.75, 3.05) is 0 Å². The van der Waals surface area contributed by atoms with Crippen LogP contribution < -0.4 is 5.73 Å². The Morgan fingerprint density at radius 2 is 1.65 bits per heavy atom. The summed E-state index contributed by atoms with van der Waals surface area (Å²) in [6.07, 6.45) is -5.88. The number of benzene rings is 1. The Morgan fingerprint density at radius 1 is 1.12 bits per heavy atom. The highest BCUT2D eigenvalue weighted by Gasteiger charge is 2.62. The first kappa shape index (κ1) is 14.1. The van der Waals surface area contributed by atoms with Crippen LogP contribution >= 0.6 is 11.6 Å². The molecule has 0 amide bonds. The Morgan fingerprint density at radius 3 is 2.06 bits per heavy atom. The number of rotatable bonds is 2. The number of halogens is 7. The van der Waals surface area contributed by atoms with Crippen LogP contribution in [0.4, 0.5) is 26.3 Å². The molecule has 0 aromatic heterocycles. The van der Waals surface area contributed by atoms with Crippen molar-refractivity contribution in [1.82, 2.24) is 0 Å². The highest BCUT2D eigenvalue weighted by atomic mass is 35.5. The minimum absolute atomic E-state index is 0.582. The Labute approximate surface area is 97.2 Å². The smallest absolute Gasteiger partial charge is 0.319 e. The number of nitrogens with two attached hydrogens (primary N) is 1. The molecule has 0 bridgehead atoms. The van der Waals surface area contributed by atoms with Gasteiger partial charge >= 0.3 is 12.1 Å². The van der Waals surface area contributed by atoms with Crippen LogP contribution in [0.25, 0.3) is 0 Å². The van der Waals surface area contributed by atoms with Gasteiger partial charge in [-0.1, -0.05) is 17.7 Å². The molecule has 0 saturated heterocycles. The minimum Gasteiger partial charge on any atom is -0.319 e. The van der Waals surface area contributed by atoms with Gasteiger partial charge in [0.2, 0.25) is 0 Å². The molecule has 1 atom stereocenters. The van der Waals surface area contributed by atoms with Gasteiger partial charge in [0.25, 0.3) is 0 Å². The molecule has 0 unspecified atom stereocenters. The van der Waals surface area contributed by atoms with Gasteiger partial charge in [0.15, 0.2) is 0 Å². The van der Waals surface area contributed by atoms with E-state index >= 15 is 0 Å². The molecule has 1 nitrogen and oxygen atoms in total. The molecule has 0 heterocycles. The topological polar surface area (TPSA) is 26.0 Å². The first-order valence-corrected chi connectivity index (χ1v) is 4.61. The van der Waals surface area contributed by atoms with Gasteiger partial charge in [0, 0.05) is 10.6 Å². The summed E-state index contributed by atoms with van der Waals surface area (Å²) < 4.78 is 75.1. The molecule has 17 heavy (non-hydrogen) atoms. The van der Waals surface area contributed by atoms with Crippen LogP contribution in [0.1, 0.15) is 11.6 Å².